The molecular formula is C25H34N6O8. The van der Waals surface area contributed by atoms with Gasteiger partial charge in [0, 0.05) is 18.3 Å². The third-order valence-corrected chi connectivity index (χ3v) is 5.67. The van der Waals surface area contributed by atoms with Gasteiger partial charge in [0.15, 0.2) is 0 Å². The average Bonchev–Trinajstić information content (AvgIpc) is 3.36. The van der Waals surface area contributed by atoms with E-state index in [-0.39, 0.29) is 30.9 Å². The van der Waals surface area contributed by atoms with Crippen LogP contribution in [0.15, 0.2) is 36.8 Å². The van der Waals surface area contributed by atoms with Crippen molar-refractivity contribution < 1.29 is 39.3 Å². The number of aromatic hydroxyl groups is 1. The van der Waals surface area contributed by atoms with Crippen LogP contribution < -0.4 is 21.7 Å². The summed E-state index contributed by atoms with van der Waals surface area (Å²) in [4.78, 5) is 68.2. The lowest BCUT2D eigenvalue weighted by atomic mass is 10.0. The van der Waals surface area contributed by atoms with Crippen molar-refractivity contribution in [2.24, 2.45) is 11.7 Å². The molecule has 0 spiro atoms. The van der Waals surface area contributed by atoms with Crippen LogP contribution in [-0.4, -0.2) is 79.1 Å². The number of benzene rings is 1. The molecule has 14 nitrogen and oxygen atoms in total. The number of carbonyl (C=O) groups excluding carboxylic acids is 3. The molecule has 4 atom stereocenters. The molecule has 0 aliphatic rings. The number of nitrogens with two attached hydrogens (primary N) is 1. The van der Waals surface area contributed by atoms with Crippen molar-refractivity contribution in [1.82, 2.24) is 25.9 Å². The van der Waals surface area contributed by atoms with E-state index in [1.54, 1.807) is 12.1 Å². The number of carbonyl (C=O) groups is 5. The number of hydrogen-bond donors (Lipinski definition) is 8. The Balaban J connectivity index is 2.17. The van der Waals surface area contributed by atoms with E-state index < -0.39 is 60.2 Å². The number of aromatic amines is 1. The largest absolute Gasteiger partial charge is 0.508 e. The van der Waals surface area contributed by atoms with Crippen molar-refractivity contribution in [3.05, 3.63) is 48.0 Å². The first kappa shape index (κ1) is 30.8. The molecule has 9 N–H and O–H groups in total. The number of nitrogens with zero attached hydrogens (tertiary/aromatic N) is 1. The monoisotopic (exact) mass is 546 g/mol. The van der Waals surface area contributed by atoms with Crippen molar-refractivity contribution in [3.8, 4) is 5.75 Å². The van der Waals surface area contributed by atoms with Gasteiger partial charge in [-0.1, -0.05) is 26.0 Å². The molecular weight excluding hydrogens is 512 g/mol. The molecule has 0 saturated heterocycles. The van der Waals surface area contributed by atoms with Crippen LogP contribution in [0.25, 0.3) is 0 Å². The Kier molecular flexibility index (Phi) is 11.4. The zero-order chi connectivity index (χ0) is 29.1. The lowest BCUT2D eigenvalue weighted by Gasteiger charge is -2.25. The maximum absolute atomic E-state index is 13.3. The molecule has 212 valence electrons. The number of nitrogens with one attached hydrogen (secondary N) is 4. The average molecular weight is 547 g/mol. The number of H-pyrrole nitrogens is 1. The van der Waals surface area contributed by atoms with Crippen LogP contribution in [0.2, 0.25) is 0 Å². The molecule has 0 radical (unpaired) electrons. The van der Waals surface area contributed by atoms with Gasteiger partial charge in [0.1, 0.15) is 23.9 Å². The Bertz CT molecular complexity index is 1140. The van der Waals surface area contributed by atoms with Gasteiger partial charge in [0.25, 0.3) is 0 Å². The van der Waals surface area contributed by atoms with Crippen LogP contribution in [0.4, 0.5) is 0 Å². The number of rotatable bonds is 15. The van der Waals surface area contributed by atoms with Crippen LogP contribution in [0.3, 0.4) is 0 Å². The molecule has 14 heteroatoms. The van der Waals surface area contributed by atoms with Crippen molar-refractivity contribution in [3.63, 3.8) is 0 Å². The van der Waals surface area contributed by atoms with E-state index in [4.69, 9.17) is 10.8 Å². The minimum absolute atomic E-state index is 0.0405. The molecule has 1 aromatic heterocycles. The van der Waals surface area contributed by atoms with E-state index in [0.717, 1.165) is 0 Å². The van der Waals surface area contributed by atoms with E-state index in [0.29, 0.717) is 11.3 Å². The molecule has 1 heterocycles. The SMILES string of the molecule is CC(C)CC(NC(=O)C(N)Cc1ccc(O)cc1)C(=O)NC(Cc1cnc[nH]1)C(=O)NC(CC(=O)O)C(=O)O. The number of carboxylic acid groups (broad SMARTS) is 2. The third kappa shape index (κ3) is 10.4. The summed E-state index contributed by atoms with van der Waals surface area (Å²) in [6.45, 7) is 3.67. The summed E-state index contributed by atoms with van der Waals surface area (Å²) in [6, 6.07) is 1.05. The van der Waals surface area contributed by atoms with Crippen LogP contribution in [0, 0.1) is 5.92 Å². The van der Waals surface area contributed by atoms with E-state index >= 15 is 0 Å². The Morgan fingerprint density at radius 2 is 1.49 bits per heavy atom. The summed E-state index contributed by atoms with van der Waals surface area (Å²) >= 11 is 0. The summed E-state index contributed by atoms with van der Waals surface area (Å²) in [7, 11) is 0. The zero-order valence-electron chi connectivity index (χ0n) is 21.6. The maximum atomic E-state index is 13.3. The fourth-order valence-corrected chi connectivity index (χ4v) is 3.71. The fraction of sp³-hybridized carbons (Fsp3) is 0.440. The normalized spacial score (nSPS) is 14.1. The summed E-state index contributed by atoms with van der Waals surface area (Å²) < 4.78 is 0. The lowest BCUT2D eigenvalue weighted by molar-refractivity contribution is -0.147. The smallest absolute Gasteiger partial charge is 0.326 e. The first-order valence-electron chi connectivity index (χ1n) is 12.2. The quantitative estimate of drug-likeness (QED) is 0.140. The summed E-state index contributed by atoms with van der Waals surface area (Å²) in [6.07, 6.45) is 2.14. The van der Waals surface area contributed by atoms with Crippen LogP contribution in [0.1, 0.15) is 37.9 Å². The second-order valence-electron chi connectivity index (χ2n) is 9.51. The van der Waals surface area contributed by atoms with Gasteiger partial charge in [-0.25, -0.2) is 9.78 Å². The molecule has 0 aliphatic heterocycles. The number of aliphatic carboxylic acids is 2. The Morgan fingerprint density at radius 3 is 2.03 bits per heavy atom. The molecule has 2 aromatic rings. The number of amides is 3. The first-order valence-corrected chi connectivity index (χ1v) is 12.2. The van der Waals surface area contributed by atoms with Gasteiger partial charge in [-0.2, -0.15) is 0 Å². The summed E-state index contributed by atoms with van der Waals surface area (Å²) in [5.74, 6) is -5.20. The van der Waals surface area contributed by atoms with Gasteiger partial charge in [-0.05, 0) is 36.5 Å². The summed E-state index contributed by atoms with van der Waals surface area (Å²) in [5, 5.41) is 35.0. The van der Waals surface area contributed by atoms with Crippen LogP contribution in [-0.2, 0) is 36.8 Å². The highest BCUT2D eigenvalue weighted by Gasteiger charge is 2.32. The molecule has 0 fully saturated rings. The van der Waals surface area contributed by atoms with Gasteiger partial charge >= 0.3 is 11.9 Å². The lowest BCUT2D eigenvalue weighted by Crippen LogP contribution is -2.58. The highest BCUT2D eigenvalue weighted by Crippen LogP contribution is 2.12. The Labute approximate surface area is 224 Å². The van der Waals surface area contributed by atoms with Gasteiger partial charge < -0.3 is 42.0 Å². The predicted octanol–water partition coefficient (Wildman–Crippen LogP) is -0.712. The maximum Gasteiger partial charge on any atom is 0.326 e. The molecule has 0 aliphatic carbocycles. The Hall–Kier alpha value is -4.46. The van der Waals surface area contributed by atoms with Crippen molar-refractivity contribution in [1.29, 1.82) is 0 Å². The van der Waals surface area contributed by atoms with E-state index in [1.165, 1.54) is 24.7 Å². The molecule has 4 unspecified atom stereocenters. The number of hydrogen-bond acceptors (Lipinski definition) is 8. The zero-order valence-corrected chi connectivity index (χ0v) is 21.6. The number of phenols is 1. The van der Waals surface area contributed by atoms with Crippen molar-refractivity contribution in [2.45, 2.75) is 63.7 Å². The van der Waals surface area contributed by atoms with Crippen LogP contribution >= 0.6 is 0 Å². The van der Waals surface area contributed by atoms with E-state index in [1.807, 2.05) is 13.8 Å². The van der Waals surface area contributed by atoms with Crippen molar-refractivity contribution >= 4 is 29.7 Å². The number of aromatic nitrogens is 2. The Morgan fingerprint density at radius 1 is 0.897 bits per heavy atom. The molecule has 39 heavy (non-hydrogen) atoms. The molecule has 2 rings (SSSR count). The second kappa shape index (κ2) is 14.5. The molecule has 3 amide bonds. The number of carboxylic acids is 2. The van der Waals surface area contributed by atoms with E-state index in [9.17, 15) is 34.2 Å². The number of imidazole rings is 1. The fourth-order valence-electron chi connectivity index (χ4n) is 3.71. The van der Waals surface area contributed by atoms with Gasteiger partial charge in [-0.15, -0.1) is 0 Å². The van der Waals surface area contributed by atoms with E-state index in [2.05, 4.69) is 25.9 Å². The van der Waals surface area contributed by atoms with Crippen LogP contribution in [0.5, 0.6) is 5.75 Å². The standard InChI is InChI=1S/C25H34N6O8/c1-13(2)7-18(29-22(35)17(26)8-14-3-5-16(32)6-4-14)23(36)30-19(9-15-11-27-12-28-15)24(37)31-20(25(38)39)10-21(33)34/h3-6,11-13,17-20,32H,7-10,26H2,1-2H3,(H,27,28)(H,29,35)(H,30,36)(H,31,37)(H,33,34)(H,38,39). The van der Waals surface area contributed by atoms with Crippen molar-refractivity contribution in [2.75, 3.05) is 0 Å². The highest BCUT2D eigenvalue weighted by molar-refractivity contribution is 5.94. The molecule has 1 aromatic carbocycles. The predicted molar refractivity (Wildman–Crippen MR) is 137 cm³/mol. The molecule has 0 saturated carbocycles. The van der Waals surface area contributed by atoms with Gasteiger partial charge in [0.2, 0.25) is 17.7 Å². The number of phenolic OH excluding ortho intramolecular Hbond substituents is 1. The second-order valence-corrected chi connectivity index (χ2v) is 9.51. The van der Waals surface area contributed by atoms with Gasteiger partial charge in [-0.3, -0.25) is 19.2 Å². The highest BCUT2D eigenvalue weighted by atomic mass is 16.4. The molecule has 0 bridgehead atoms. The van der Waals surface area contributed by atoms with Gasteiger partial charge in [0.05, 0.1) is 18.8 Å². The minimum atomic E-state index is -1.72. The first-order chi connectivity index (χ1) is 18.3. The topological polar surface area (TPSA) is 237 Å². The minimum Gasteiger partial charge on any atom is -0.508 e. The third-order valence-electron chi connectivity index (χ3n) is 5.67. The summed E-state index contributed by atoms with van der Waals surface area (Å²) in [5.41, 5.74) is 7.19.